The van der Waals surface area contributed by atoms with Crippen LogP contribution in [-0.2, 0) is 0 Å². The van der Waals surface area contributed by atoms with E-state index < -0.39 is 0 Å². The molecule has 0 aliphatic heterocycles. The number of rotatable bonds is 3. The highest BCUT2D eigenvalue weighted by atomic mass is 16.2. The molecule has 0 fully saturated rings. The van der Waals surface area contributed by atoms with Crippen LogP contribution in [0.15, 0.2) is 42.7 Å². The molecule has 0 aliphatic carbocycles. The van der Waals surface area contributed by atoms with Crippen LogP contribution in [0, 0.1) is 13.8 Å². The smallest absolute Gasteiger partial charge is 0.319 e. The molecule has 0 bridgehead atoms. The summed E-state index contributed by atoms with van der Waals surface area (Å²) < 4.78 is 0. The van der Waals surface area contributed by atoms with Crippen LogP contribution >= 0.6 is 0 Å². The van der Waals surface area contributed by atoms with Crippen molar-refractivity contribution in [3.05, 3.63) is 59.4 Å². The van der Waals surface area contributed by atoms with Crippen molar-refractivity contribution in [3.63, 3.8) is 0 Å². The van der Waals surface area contributed by atoms with Crippen LogP contribution in [0.4, 0.5) is 10.5 Å². The van der Waals surface area contributed by atoms with Crippen LogP contribution in [0.3, 0.4) is 0 Å². The maximum atomic E-state index is 11.9. The molecule has 0 saturated heterocycles. The van der Waals surface area contributed by atoms with Gasteiger partial charge in [-0.15, -0.1) is 0 Å². The molecule has 2 N–H and O–H groups in total. The zero-order valence-electron chi connectivity index (χ0n) is 12.0. The molecule has 104 valence electrons. The van der Waals surface area contributed by atoms with Gasteiger partial charge in [0.05, 0.1) is 6.04 Å². The molecule has 0 spiro atoms. The number of pyridine rings is 1. The third kappa shape index (κ3) is 3.57. The first-order valence-electron chi connectivity index (χ1n) is 6.61. The second-order valence-corrected chi connectivity index (χ2v) is 4.91. The zero-order valence-corrected chi connectivity index (χ0v) is 12.0. The van der Waals surface area contributed by atoms with E-state index in [0.29, 0.717) is 0 Å². The molecule has 1 aromatic carbocycles. The Morgan fingerprint density at radius 2 is 2.00 bits per heavy atom. The fraction of sp³-hybridized carbons (Fsp3) is 0.250. The fourth-order valence-electron chi connectivity index (χ4n) is 1.90. The van der Waals surface area contributed by atoms with Crippen molar-refractivity contribution in [3.8, 4) is 0 Å². The lowest BCUT2D eigenvalue weighted by Gasteiger charge is -2.15. The summed E-state index contributed by atoms with van der Waals surface area (Å²) in [4.78, 5) is 16.0. The van der Waals surface area contributed by atoms with Gasteiger partial charge in [0.2, 0.25) is 0 Å². The molecule has 4 nitrogen and oxygen atoms in total. The standard InChI is InChI=1S/C16H19N3O/c1-11-6-7-15(9-12(11)2)19-16(20)18-13(3)14-5-4-8-17-10-14/h4-10,13H,1-3H3,(H2,18,19,20)/t13-/m0/s1. The summed E-state index contributed by atoms with van der Waals surface area (Å²) in [5, 5.41) is 5.73. The Labute approximate surface area is 119 Å². The predicted molar refractivity (Wildman–Crippen MR) is 80.7 cm³/mol. The summed E-state index contributed by atoms with van der Waals surface area (Å²) in [6.07, 6.45) is 3.46. The van der Waals surface area contributed by atoms with Crippen molar-refractivity contribution in [1.29, 1.82) is 0 Å². The van der Waals surface area contributed by atoms with Gasteiger partial charge in [0.25, 0.3) is 0 Å². The van der Waals surface area contributed by atoms with Crippen molar-refractivity contribution < 1.29 is 4.79 Å². The van der Waals surface area contributed by atoms with Gasteiger partial charge in [-0.2, -0.15) is 0 Å². The van der Waals surface area contributed by atoms with Crippen LogP contribution in [0.1, 0.15) is 29.7 Å². The van der Waals surface area contributed by atoms with Crippen LogP contribution in [-0.4, -0.2) is 11.0 Å². The van der Waals surface area contributed by atoms with E-state index in [1.165, 1.54) is 5.56 Å². The molecule has 1 aromatic heterocycles. The second-order valence-electron chi connectivity index (χ2n) is 4.91. The van der Waals surface area contributed by atoms with Gasteiger partial charge in [-0.1, -0.05) is 12.1 Å². The van der Waals surface area contributed by atoms with Gasteiger partial charge in [0.1, 0.15) is 0 Å². The van der Waals surface area contributed by atoms with E-state index in [-0.39, 0.29) is 12.1 Å². The number of benzene rings is 1. The van der Waals surface area contributed by atoms with E-state index in [0.717, 1.165) is 16.8 Å². The molecule has 0 radical (unpaired) electrons. The SMILES string of the molecule is Cc1ccc(NC(=O)N[C@@H](C)c2cccnc2)cc1C. The minimum atomic E-state index is -0.218. The molecule has 2 aromatic rings. The summed E-state index contributed by atoms with van der Waals surface area (Å²) in [7, 11) is 0. The molecular weight excluding hydrogens is 250 g/mol. The third-order valence-electron chi connectivity index (χ3n) is 3.30. The highest BCUT2D eigenvalue weighted by molar-refractivity contribution is 5.89. The van der Waals surface area contributed by atoms with E-state index in [1.807, 2.05) is 51.1 Å². The van der Waals surface area contributed by atoms with E-state index in [9.17, 15) is 4.79 Å². The lowest BCUT2D eigenvalue weighted by Crippen LogP contribution is -2.31. The van der Waals surface area contributed by atoms with Crippen molar-refractivity contribution in [2.75, 3.05) is 5.32 Å². The molecule has 2 amide bonds. The van der Waals surface area contributed by atoms with Gasteiger partial charge in [0, 0.05) is 18.1 Å². The minimum Gasteiger partial charge on any atom is -0.331 e. The Kier molecular flexibility index (Phi) is 4.35. The number of anilines is 1. The number of nitrogens with zero attached hydrogens (tertiary/aromatic N) is 1. The number of hydrogen-bond donors (Lipinski definition) is 2. The Hall–Kier alpha value is -2.36. The van der Waals surface area contributed by atoms with E-state index in [4.69, 9.17) is 0 Å². The average molecular weight is 269 g/mol. The highest BCUT2D eigenvalue weighted by Gasteiger charge is 2.09. The normalized spacial score (nSPS) is 11.8. The van der Waals surface area contributed by atoms with Crippen molar-refractivity contribution in [2.24, 2.45) is 0 Å². The van der Waals surface area contributed by atoms with Gasteiger partial charge in [-0.05, 0) is 55.7 Å². The molecule has 4 heteroatoms. The number of carbonyl (C=O) groups is 1. The van der Waals surface area contributed by atoms with Gasteiger partial charge >= 0.3 is 6.03 Å². The monoisotopic (exact) mass is 269 g/mol. The van der Waals surface area contributed by atoms with Gasteiger partial charge in [-0.3, -0.25) is 4.98 Å². The molecule has 1 atom stereocenters. The average Bonchev–Trinajstić information content (AvgIpc) is 2.44. The maximum absolute atomic E-state index is 11.9. The van der Waals surface area contributed by atoms with Crippen LogP contribution in [0.5, 0.6) is 0 Å². The van der Waals surface area contributed by atoms with Crippen molar-refractivity contribution >= 4 is 11.7 Å². The first-order chi connectivity index (χ1) is 9.56. The predicted octanol–water partition coefficient (Wildman–Crippen LogP) is 3.58. The number of urea groups is 1. The summed E-state index contributed by atoms with van der Waals surface area (Å²) >= 11 is 0. The molecule has 20 heavy (non-hydrogen) atoms. The summed E-state index contributed by atoms with van der Waals surface area (Å²) in [6.45, 7) is 6.00. The van der Waals surface area contributed by atoms with Crippen molar-refractivity contribution in [1.82, 2.24) is 10.3 Å². The molecular formula is C16H19N3O. The summed E-state index contributed by atoms with van der Waals surface area (Å²) in [5.74, 6) is 0. The lowest BCUT2D eigenvalue weighted by atomic mass is 10.1. The topological polar surface area (TPSA) is 54.0 Å². The van der Waals surface area contributed by atoms with Crippen LogP contribution < -0.4 is 10.6 Å². The molecule has 2 rings (SSSR count). The summed E-state index contributed by atoms with van der Waals surface area (Å²) in [6, 6.07) is 9.35. The molecule has 0 saturated carbocycles. The quantitative estimate of drug-likeness (QED) is 0.894. The number of carbonyl (C=O) groups excluding carboxylic acids is 1. The Morgan fingerprint density at radius 3 is 2.65 bits per heavy atom. The maximum Gasteiger partial charge on any atom is 0.319 e. The van der Waals surface area contributed by atoms with Crippen molar-refractivity contribution in [2.45, 2.75) is 26.8 Å². The second kappa shape index (κ2) is 6.19. The number of nitrogens with one attached hydrogen (secondary N) is 2. The van der Waals surface area contributed by atoms with Gasteiger partial charge < -0.3 is 10.6 Å². The van der Waals surface area contributed by atoms with Gasteiger partial charge in [0.15, 0.2) is 0 Å². The third-order valence-corrected chi connectivity index (χ3v) is 3.30. The van der Waals surface area contributed by atoms with Crippen LogP contribution in [0.25, 0.3) is 0 Å². The first-order valence-corrected chi connectivity index (χ1v) is 6.61. The number of aryl methyl sites for hydroxylation is 2. The minimum absolute atomic E-state index is 0.0877. The van der Waals surface area contributed by atoms with Gasteiger partial charge in [-0.25, -0.2) is 4.79 Å². The van der Waals surface area contributed by atoms with E-state index >= 15 is 0 Å². The Bertz CT molecular complexity index is 596. The zero-order chi connectivity index (χ0) is 14.5. The molecule has 0 unspecified atom stereocenters. The Morgan fingerprint density at radius 1 is 1.20 bits per heavy atom. The Balaban J connectivity index is 1.97. The lowest BCUT2D eigenvalue weighted by molar-refractivity contribution is 0.249. The molecule has 0 aliphatic rings. The van der Waals surface area contributed by atoms with E-state index in [1.54, 1.807) is 12.4 Å². The number of hydrogen-bond acceptors (Lipinski definition) is 2. The first kappa shape index (κ1) is 14.1. The van der Waals surface area contributed by atoms with E-state index in [2.05, 4.69) is 15.6 Å². The highest BCUT2D eigenvalue weighted by Crippen LogP contribution is 2.15. The number of aromatic nitrogens is 1. The van der Waals surface area contributed by atoms with Crippen LogP contribution in [0.2, 0.25) is 0 Å². The number of amides is 2. The fourth-order valence-corrected chi connectivity index (χ4v) is 1.90. The largest absolute Gasteiger partial charge is 0.331 e. The summed E-state index contributed by atoms with van der Waals surface area (Å²) in [5.41, 5.74) is 4.13. The molecule has 1 heterocycles.